The predicted molar refractivity (Wildman–Crippen MR) is 113 cm³/mol. The Morgan fingerprint density at radius 3 is 2.50 bits per heavy atom. The predicted octanol–water partition coefficient (Wildman–Crippen LogP) is 3.59. The Morgan fingerprint density at radius 2 is 1.80 bits per heavy atom. The summed E-state index contributed by atoms with van der Waals surface area (Å²) in [5.41, 5.74) is 2.23. The van der Waals surface area contributed by atoms with Crippen LogP contribution in [-0.4, -0.2) is 26.2 Å². The van der Waals surface area contributed by atoms with Gasteiger partial charge in [-0.2, -0.15) is 0 Å². The maximum absolute atomic E-state index is 13.3. The fourth-order valence-corrected chi connectivity index (χ4v) is 4.84. The van der Waals surface area contributed by atoms with Crippen molar-refractivity contribution in [1.82, 2.24) is 5.32 Å². The van der Waals surface area contributed by atoms with Crippen molar-refractivity contribution in [3.63, 3.8) is 0 Å². The molecule has 1 atom stereocenters. The number of hydrogen-bond acceptors (Lipinski definition) is 8. The summed E-state index contributed by atoms with van der Waals surface area (Å²) in [5, 5.41) is 5.70. The number of nitrogens with one attached hydrogen (secondary N) is 1. The van der Waals surface area contributed by atoms with Crippen LogP contribution >= 0.6 is 11.3 Å². The smallest absolute Gasteiger partial charge is 0.339 e. The minimum Gasteiger partial charge on any atom is -0.466 e. The van der Waals surface area contributed by atoms with Gasteiger partial charge in [-0.3, -0.25) is 4.79 Å². The van der Waals surface area contributed by atoms with Crippen LogP contribution in [0.2, 0.25) is 0 Å². The van der Waals surface area contributed by atoms with Gasteiger partial charge < -0.3 is 19.2 Å². The molecule has 0 amide bonds. The molecule has 0 fully saturated rings. The third-order valence-electron chi connectivity index (χ3n) is 5.23. The Balaban J connectivity index is 1.94. The first-order valence-electron chi connectivity index (χ1n) is 9.17. The lowest BCUT2D eigenvalue weighted by molar-refractivity contribution is -0.136. The number of ether oxygens (including phenoxy) is 2. The van der Waals surface area contributed by atoms with E-state index in [0.717, 1.165) is 10.1 Å². The summed E-state index contributed by atoms with van der Waals surface area (Å²) in [5.74, 6) is -1.21. The van der Waals surface area contributed by atoms with Crippen LogP contribution in [0.25, 0.3) is 21.3 Å². The number of carbonyl (C=O) groups is 2. The van der Waals surface area contributed by atoms with Crippen LogP contribution in [0.4, 0.5) is 0 Å². The first-order valence-corrected chi connectivity index (χ1v) is 10.0. The summed E-state index contributed by atoms with van der Waals surface area (Å²) >= 11 is 1.37. The highest BCUT2D eigenvalue weighted by atomic mass is 32.1. The minimum atomic E-state index is -0.785. The van der Waals surface area contributed by atoms with Crippen molar-refractivity contribution in [2.75, 3.05) is 14.2 Å². The summed E-state index contributed by atoms with van der Waals surface area (Å²) in [6, 6.07) is 6.64. The number of carbonyl (C=O) groups excluding carboxylic acids is 2. The quantitative estimate of drug-likeness (QED) is 0.641. The van der Waals surface area contributed by atoms with Gasteiger partial charge in [-0.1, -0.05) is 12.1 Å². The van der Waals surface area contributed by atoms with Crippen molar-refractivity contribution in [3.05, 3.63) is 67.8 Å². The summed E-state index contributed by atoms with van der Waals surface area (Å²) in [6.07, 6.45) is 0. The second-order valence-corrected chi connectivity index (χ2v) is 7.76. The molecule has 154 valence electrons. The van der Waals surface area contributed by atoms with Gasteiger partial charge >= 0.3 is 11.9 Å². The fourth-order valence-electron chi connectivity index (χ4n) is 3.81. The molecule has 0 radical (unpaired) electrons. The first-order chi connectivity index (χ1) is 14.4. The third kappa shape index (κ3) is 2.91. The molecule has 3 aromatic rings. The van der Waals surface area contributed by atoms with Crippen molar-refractivity contribution in [2.45, 2.75) is 19.9 Å². The number of furan rings is 1. The molecule has 0 aliphatic carbocycles. The molecule has 1 unspecified atom stereocenters. The summed E-state index contributed by atoms with van der Waals surface area (Å²) < 4.78 is 16.4. The molecule has 8 heteroatoms. The van der Waals surface area contributed by atoms with E-state index in [-0.39, 0.29) is 22.2 Å². The normalized spacial score (nSPS) is 16.7. The number of methoxy groups -OCH3 is 2. The number of hydrogen-bond donors (Lipinski definition) is 1. The topological polar surface area (TPSA) is 94.8 Å². The van der Waals surface area contributed by atoms with Gasteiger partial charge in [0.25, 0.3) is 0 Å². The van der Waals surface area contributed by atoms with E-state index in [9.17, 15) is 14.4 Å². The van der Waals surface area contributed by atoms with E-state index < -0.39 is 18.0 Å². The molecule has 0 saturated heterocycles. The second kappa shape index (κ2) is 7.46. The van der Waals surface area contributed by atoms with Gasteiger partial charge in [-0.15, -0.1) is 11.3 Å². The largest absolute Gasteiger partial charge is 0.466 e. The molecule has 2 aromatic heterocycles. The van der Waals surface area contributed by atoms with E-state index in [1.165, 1.54) is 25.6 Å². The van der Waals surface area contributed by atoms with E-state index in [1.54, 1.807) is 25.3 Å². The molecule has 1 aliphatic heterocycles. The number of esters is 2. The van der Waals surface area contributed by atoms with Crippen LogP contribution in [0.3, 0.4) is 0 Å². The van der Waals surface area contributed by atoms with Crippen LogP contribution in [0.1, 0.15) is 25.5 Å². The van der Waals surface area contributed by atoms with Gasteiger partial charge in [0.05, 0.1) is 36.1 Å². The monoisotopic (exact) mass is 425 g/mol. The van der Waals surface area contributed by atoms with Crippen LogP contribution in [-0.2, 0) is 19.1 Å². The minimum absolute atomic E-state index is 0.184. The van der Waals surface area contributed by atoms with Crippen molar-refractivity contribution in [1.29, 1.82) is 0 Å². The van der Waals surface area contributed by atoms with Gasteiger partial charge in [-0.05, 0) is 31.6 Å². The molecule has 4 rings (SSSR count). The molecule has 30 heavy (non-hydrogen) atoms. The van der Waals surface area contributed by atoms with Crippen molar-refractivity contribution in [2.24, 2.45) is 0 Å². The lowest BCUT2D eigenvalue weighted by atomic mass is 9.88. The Labute approximate surface area is 175 Å². The lowest BCUT2D eigenvalue weighted by Crippen LogP contribution is -2.35. The highest BCUT2D eigenvalue weighted by Crippen LogP contribution is 2.37. The number of allylic oxidation sites excluding steroid dienone is 1. The number of dihydropyridines is 1. The maximum atomic E-state index is 13.3. The molecule has 7 nitrogen and oxygen atoms in total. The Kier molecular flexibility index (Phi) is 4.95. The van der Waals surface area contributed by atoms with Gasteiger partial charge in [-0.25, -0.2) is 9.59 Å². The van der Waals surface area contributed by atoms with Gasteiger partial charge in [0.15, 0.2) is 5.58 Å². The molecular formula is C22H19NO6S. The third-order valence-corrected chi connectivity index (χ3v) is 6.24. The van der Waals surface area contributed by atoms with Crippen molar-refractivity contribution < 1.29 is 23.5 Å². The molecule has 0 bridgehead atoms. The highest BCUT2D eigenvalue weighted by molar-refractivity contribution is 7.17. The van der Waals surface area contributed by atoms with Crippen LogP contribution in [0.15, 0.2) is 61.3 Å². The van der Waals surface area contributed by atoms with Crippen LogP contribution < -0.4 is 10.7 Å². The summed E-state index contributed by atoms with van der Waals surface area (Å²) in [6.45, 7) is 3.34. The van der Waals surface area contributed by atoms with E-state index in [2.05, 4.69) is 5.32 Å². The lowest BCUT2D eigenvalue weighted by Gasteiger charge is -2.29. The van der Waals surface area contributed by atoms with Crippen molar-refractivity contribution >= 4 is 44.5 Å². The summed E-state index contributed by atoms with van der Waals surface area (Å²) in [7, 11) is 2.53. The number of rotatable bonds is 3. The fraction of sp³-hybridized carbons (Fsp3) is 0.227. The maximum Gasteiger partial charge on any atom is 0.339 e. The number of para-hydroxylation sites is 1. The van der Waals surface area contributed by atoms with E-state index in [1.807, 2.05) is 18.2 Å². The average molecular weight is 425 g/mol. The zero-order chi connectivity index (χ0) is 21.6. The van der Waals surface area contributed by atoms with Gasteiger partial charge in [0.1, 0.15) is 5.58 Å². The van der Waals surface area contributed by atoms with E-state index in [0.29, 0.717) is 22.4 Å². The molecule has 1 aromatic carbocycles. The molecule has 0 saturated carbocycles. The number of fused-ring (bicyclic) bond motifs is 3. The average Bonchev–Trinajstić information content (AvgIpc) is 3.12. The molecule has 1 aliphatic rings. The zero-order valence-corrected chi connectivity index (χ0v) is 17.6. The molecule has 1 N–H and O–H groups in total. The number of benzene rings is 1. The van der Waals surface area contributed by atoms with E-state index >= 15 is 0 Å². The SMILES string of the molecule is COC(=O)C1=C(C)NC(c2csc3c(oc4ccccc43)c2=O)C(C(=O)OC)=C1C. The zero-order valence-electron chi connectivity index (χ0n) is 16.8. The standard InChI is InChI=1S/C22H19NO6S/c1-10-15(21(25)27-3)11(2)23-17(16(10)22(26)28-4)13-9-30-20-12-7-5-6-8-14(12)29-19(20)18(13)24/h5-9,17,23H,1-4H3. The molecular weight excluding hydrogens is 406 g/mol. The van der Waals surface area contributed by atoms with E-state index in [4.69, 9.17) is 13.9 Å². The second-order valence-electron chi connectivity index (χ2n) is 6.88. The van der Waals surface area contributed by atoms with Crippen LogP contribution in [0.5, 0.6) is 0 Å². The molecule has 3 heterocycles. The highest BCUT2D eigenvalue weighted by Gasteiger charge is 2.36. The summed E-state index contributed by atoms with van der Waals surface area (Å²) in [4.78, 5) is 38.2. The van der Waals surface area contributed by atoms with Gasteiger partial charge in [0.2, 0.25) is 5.43 Å². The Hall–Kier alpha value is -3.39. The first kappa shape index (κ1) is 19.9. The Morgan fingerprint density at radius 1 is 1.10 bits per heavy atom. The van der Waals surface area contributed by atoms with Crippen molar-refractivity contribution in [3.8, 4) is 0 Å². The van der Waals surface area contributed by atoms with Crippen LogP contribution in [0, 0.1) is 0 Å². The molecule has 0 spiro atoms. The Bertz CT molecular complexity index is 1330. The van der Waals surface area contributed by atoms with Gasteiger partial charge in [0, 0.05) is 22.0 Å².